The van der Waals surface area contributed by atoms with E-state index in [1.807, 2.05) is 44.2 Å². The van der Waals surface area contributed by atoms with Gasteiger partial charge in [-0.1, -0.05) is 44.2 Å². The van der Waals surface area contributed by atoms with Gasteiger partial charge in [0.05, 0.1) is 0 Å². The van der Waals surface area contributed by atoms with Crippen LogP contribution in [0.1, 0.15) is 39.2 Å². The predicted octanol–water partition coefficient (Wildman–Crippen LogP) is 0.364. The summed E-state index contributed by atoms with van der Waals surface area (Å²) in [6.07, 6.45) is 1.54. The van der Waals surface area contributed by atoms with Gasteiger partial charge in [0, 0.05) is 13.0 Å². The molecule has 0 radical (unpaired) electrons. The molecule has 0 aliphatic carbocycles. The van der Waals surface area contributed by atoms with Crippen LogP contribution in [0.5, 0.6) is 0 Å². The first-order valence-electron chi connectivity index (χ1n) is 10.5. The highest BCUT2D eigenvalue weighted by molar-refractivity contribution is 5.97. The average Bonchev–Trinajstić information content (AvgIpc) is 3.20. The fourth-order valence-corrected chi connectivity index (χ4v) is 4.00. The van der Waals surface area contributed by atoms with Crippen LogP contribution < -0.4 is 16.0 Å². The Morgan fingerprint density at radius 3 is 2.33 bits per heavy atom. The van der Waals surface area contributed by atoms with Crippen LogP contribution in [-0.2, 0) is 25.6 Å². The van der Waals surface area contributed by atoms with Crippen molar-refractivity contribution < 1.29 is 19.2 Å². The maximum atomic E-state index is 13.4. The first kappa shape index (κ1) is 21.8. The summed E-state index contributed by atoms with van der Waals surface area (Å²) in [6.45, 7) is 5.67. The first-order chi connectivity index (χ1) is 14.3. The molecular formula is C22H30N4O4. The Morgan fingerprint density at radius 2 is 1.67 bits per heavy atom. The lowest BCUT2D eigenvalue weighted by Gasteiger charge is -2.32. The Hall–Kier alpha value is -2.90. The maximum Gasteiger partial charge on any atom is 0.246 e. The van der Waals surface area contributed by atoms with Crippen molar-refractivity contribution in [1.82, 2.24) is 20.9 Å². The van der Waals surface area contributed by atoms with E-state index in [1.54, 1.807) is 11.8 Å². The molecule has 8 nitrogen and oxygen atoms in total. The van der Waals surface area contributed by atoms with Gasteiger partial charge in [-0.3, -0.25) is 19.2 Å². The smallest absolute Gasteiger partial charge is 0.246 e. The van der Waals surface area contributed by atoms with E-state index in [4.69, 9.17) is 0 Å². The van der Waals surface area contributed by atoms with Crippen LogP contribution in [0.25, 0.3) is 0 Å². The number of amides is 4. The van der Waals surface area contributed by atoms with E-state index in [2.05, 4.69) is 16.0 Å². The zero-order chi connectivity index (χ0) is 21.8. The molecule has 30 heavy (non-hydrogen) atoms. The lowest BCUT2D eigenvalue weighted by Crippen LogP contribution is -2.62. The fourth-order valence-electron chi connectivity index (χ4n) is 4.00. The molecule has 0 spiro atoms. The van der Waals surface area contributed by atoms with Gasteiger partial charge in [-0.25, -0.2) is 0 Å². The second kappa shape index (κ2) is 9.28. The van der Waals surface area contributed by atoms with Crippen LogP contribution in [0, 0.1) is 5.92 Å². The fraction of sp³-hybridized carbons (Fsp3) is 0.545. The van der Waals surface area contributed by atoms with Crippen molar-refractivity contribution in [3.05, 3.63) is 35.9 Å². The third kappa shape index (κ3) is 4.80. The molecule has 4 amide bonds. The number of carbonyl (C=O) groups is 4. The second-order valence-electron chi connectivity index (χ2n) is 8.40. The van der Waals surface area contributed by atoms with E-state index in [1.165, 1.54) is 0 Å². The number of hydrogen-bond acceptors (Lipinski definition) is 4. The molecule has 2 aliphatic rings. The van der Waals surface area contributed by atoms with E-state index >= 15 is 0 Å². The lowest BCUT2D eigenvalue weighted by molar-refractivity contribution is -0.143. The standard InChI is InChI=1S/C22H30N4O4/c1-13(2)18-21(29)24-16(12-15-8-5-4-6-9-15)22(30)26-11-7-10-17(26)20(28)23-14(3)19(27)25-18/h4-6,8-9,13-14,16-18H,7,10-12H2,1-3H3,(H,23,28)(H,24,29)(H,25,27)/t14-,16-,17-,18-/m0/s1. The Morgan fingerprint density at radius 1 is 0.967 bits per heavy atom. The average molecular weight is 415 g/mol. The molecule has 2 aliphatic heterocycles. The van der Waals surface area contributed by atoms with Gasteiger partial charge in [0.15, 0.2) is 0 Å². The van der Waals surface area contributed by atoms with E-state index < -0.39 is 36.0 Å². The SMILES string of the molecule is CC(C)[C@@H]1NC(=O)[C@H](C)NC(=O)[C@@H]2CCCN2C(=O)[C@H](Cc2ccccc2)NC1=O. The van der Waals surface area contributed by atoms with Crippen LogP contribution in [0.4, 0.5) is 0 Å². The monoisotopic (exact) mass is 414 g/mol. The normalized spacial score (nSPS) is 28.2. The van der Waals surface area contributed by atoms with Crippen molar-refractivity contribution in [2.24, 2.45) is 5.92 Å². The number of rotatable bonds is 3. The summed E-state index contributed by atoms with van der Waals surface area (Å²) in [7, 11) is 0. The molecule has 0 aromatic heterocycles. The van der Waals surface area contributed by atoms with Crippen molar-refractivity contribution in [2.45, 2.75) is 64.2 Å². The molecule has 1 aromatic rings. The number of fused-ring (bicyclic) bond motifs is 1. The Bertz CT molecular complexity index is 811. The van der Waals surface area contributed by atoms with Crippen molar-refractivity contribution in [3.63, 3.8) is 0 Å². The summed E-state index contributed by atoms with van der Waals surface area (Å²) in [5, 5.41) is 8.28. The van der Waals surface area contributed by atoms with E-state index in [9.17, 15) is 19.2 Å². The summed E-state index contributed by atoms with van der Waals surface area (Å²) in [5.41, 5.74) is 0.905. The molecule has 0 bridgehead atoms. The number of nitrogens with zero attached hydrogens (tertiary/aromatic N) is 1. The van der Waals surface area contributed by atoms with Crippen LogP contribution >= 0.6 is 0 Å². The van der Waals surface area contributed by atoms with Gasteiger partial charge in [-0.15, -0.1) is 0 Å². The van der Waals surface area contributed by atoms with Crippen LogP contribution in [0.15, 0.2) is 30.3 Å². The topological polar surface area (TPSA) is 108 Å². The van der Waals surface area contributed by atoms with Crippen LogP contribution in [0.3, 0.4) is 0 Å². The van der Waals surface area contributed by atoms with Crippen molar-refractivity contribution in [1.29, 1.82) is 0 Å². The van der Waals surface area contributed by atoms with Crippen LogP contribution in [-0.4, -0.2) is 59.2 Å². The van der Waals surface area contributed by atoms with E-state index in [0.29, 0.717) is 25.8 Å². The Balaban J connectivity index is 1.95. The van der Waals surface area contributed by atoms with Crippen molar-refractivity contribution >= 4 is 23.6 Å². The summed E-state index contributed by atoms with van der Waals surface area (Å²) < 4.78 is 0. The maximum absolute atomic E-state index is 13.4. The highest BCUT2D eigenvalue weighted by Crippen LogP contribution is 2.20. The molecule has 4 atom stereocenters. The summed E-state index contributed by atoms with van der Waals surface area (Å²) in [6, 6.07) is 6.37. The highest BCUT2D eigenvalue weighted by Gasteiger charge is 2.40. The van der Waals surface area contributed by atoms with Crippen molar-refractivity contribution in [3.8, 4) is 0 Å². The minimum Gasteiger partial charge on any atom is -0.343 e. The second-order valence-corrected chi connectivity index (χ2v) is 8.40. The lowest BCUT2D eigenvalue weighted by atomic mass is 9.99. The third-order valence-corrected chi connectivity index (χ3v) is 5.73. The molecule has 1 aromatic carbocycles. The summed E-state index contributed by atoms with van der Waals surface area (Å²) >= 11 is 0. The van der Waals surface area contributed by atoms with Gasteiger partial charge >= 0.3 is 0 Å². The van der Waals surface area contributed by atoms with Gasteiger partial charge in [0.25, 0.3) is 0 Å². The largest absolute Gasteiger partial charge is 0.343 e. The van der Waals surface area contributed by atoms with Gasteiger partial charge in [0.2, 0.25) is 23.6 Å². The molecule has 3 rings (SSSR count). The van der Waals surface area contributed by atoms with Gasteiger partial charge in [0.1, 0.15) is 24.2 Å². The zero-order valence-electron chi connectivity index (χ0n) is 17.7. The van der Waals surface area contributed by atoms with Gasteiger partial charge < -0.3 is 20.9 Å². The predicted molar refractivity (Wildman–Crippen MR) is 111 cm³/mol. The quantitative estimate of drug-likeness (QED) is 0.664. The molecular weight excluding hydrogens is 384 g/mol. The van der Waals surface area contributed by atoms with Crippen LogP contribution in [0.2, 0.25) is 0 Å². The number of carbonyl (C=O) groups excluding carboxylic acids is 4. The van der Waals surface area contributed by atoms with E-state index in [0.717, 1.165) is 5.56 Å². The summed E-state index contributed by atoms with van der Waals surface area (Å²) in [4.78, 5) is 53.4. The molecule has 8 heteroatoms. The number of nitrogens with one attached hydrogen (secondary N) is 3. The first-order valence-corrected chi connectivity index (χ1v) is 10.5. The molecule has 162 valence electrons. The minimum atomic E-state index is -0.816. The van der Waals surface area contributed by atoms with Gasteiger partial charge in [-0.05, 0) is 31.2 Å². The molecule has 3 N–H and O–H groups in total. The van der Waals surface area contributed by atoms with E-state index in [-0.39, 0.29) is 17.7 Å². The number of hydrogen-bond donors (Lipinski definition) is 3. The molecule has 2 fully saturated rings. The molecule has 2 saturated heterocycles. The molecule has 0 unspecified atom stereocenters. The minimum absolute atomic E-state index is 0.188. The zero-order valence-corrected chi connectivity index (χ0v) is 17.7. The molecule has 2 heterocycles. The van der Waals surface area contributed by atoms with Crippen molar-refractivity contribution in [2.75, 3.05) is 6.54 Å². The third-order valence-electron chi connectivity index (χ3n) is 5.73. The summed E-state index contributed by atoms with van der Waals surface area (Å²) in [5.74, 6) is -1.62. The Kier molecular flexibility index (Phi) is 6.74. The molecule has 0 saturated carbocycles. The highest BCUT2D eigenvalue weighted by atomic mass is 16.2. The number of benzene rings is 1. The van der Waals surface area contributed by atoms with Gasteiger partial charge in [-0.2, -0.15) is 0 Å². The Labute approximate surface area is 176 Å².